The summed E-state index contributed by atoms with van der Waals surface area (Å²) in [6.07, 6.45) is 1.39. The van der Waals surface area contributed by atoms with Crippen LogP contribution in [0.1, 0.15) is 18.5 Å². The van der Waals surface area contributed by atoms with Crippen LogP contribution in [0.5, 0.6) is 0 Å². The first-order chi connectivity index (χ1) is 13.0. The third-order valence-electron chi connectivity index (χ3n) is 4.71. The number of carbonyl (C=O) groups is 1. The maximum Gasteiger partial charge on any atom is 0.232 e. The molecule has 0 aliphatic carbocycles. The Hall–Kier alpha value is -2.93. The third-order valence-corrected chi connectivity index (χ3v) is 4.96. The Balaban J connectivity index is 1.73. The van der Waals surface area contributed by atoms with Crippen molar-refractivity contribution >= 4 is 29.1 Å². The molecule has 0 saturated carbocycles. The van der Waals surface area contributed by atoms with Crippen LogP contribution in [0.3, 0.4) is 0 Å². The second kappa shape index (κ2) is 7.00. The fourth-order valence-electron chi connectivity index (χ4n) is 3.45. The number of hydrogen-bond donors (Lipinski definition) is 2. The summed E-state index contributed by atoms with van der Waals surface area (Å²) < 4.78 is 16.1. The normalized spacial score (nSPS) is 21.2. The molecule has 0 unspecified atom stereocenters. The van der Waals surface area contributed by atoms with E-state index in [2.05, 4.69) is 20.7 Å². The molecule has 2 heterocycles. The first-order valence-electron chi connectivity index (χ1n) is 8.51. The molecule has 0 radical (unpaired) electrons. The number of aromatic nitrogens is 3. The number of anilines is 2. The highest BCUT2D eigenvalue weighted by Crippen LogP contribution is 2.37. The van der Waals surface area contributed by atoms with Crippen LogP contribution in [-0.2, 0) is 4.79 Å². The van der Waals surface area contributed by atoms with Crippen LogP contribution in [0.4, 0.5) is 16.0 Å². The molecule has 2 aromatic carbocycles. The predicted molar refractivity (Wildman–Crippen MR) is 101 cm³/mol. The lowest BCUT2D eigenvalue weighted by Crippen LogP contribution is -2.46. The number of benzene rings is 2. The van der Waals surface area contributed by atoms with Crippen molar-refractivity contribution in [1.29, 1.82) is 0 Å². The van der Waals surface area contributed by atoms with E-state index in [0.717, 1.165) is 0 Å². The second-order valence-corrected chi connectivity index (χ2v) is 6.89. The van der Waals surface area contributed by atoms with Gasteiger partial charge in [0.1, 0.15) is 12.1 Å². The standard InChI is InChI=1S/C19H17ClFN5O/c1-11-16(18(27)25-13-8-6-12(20)7-9-13)17(14-4-2-3-5-15(14)21)26-19(24-11)22-10-23-26/h2-11,16-17H,1H3,(H,25,27)(H,22,23,24)/t11-,16+,17+/m1/s1. The van der Waals surface area contributed by atoms with E-state index in [1.807, 2.05) is 6.92 Å². The highest BCUT2D eigenvalue weighted by molar-refractivity contribution is 6.30. The Kier molecular flexibility index (Phi) is 4.53. The van der Waals surface area contributed by atoms with Crippen LogP contribution in [0.2, 0.25) is 5.02 Å². The minimum atomic E-state index is -0.618. The Morgan fingerprint density at radius 3 is 2.70 bits per heavy atom. The number of rotatable bonds is 3. The summed E-state index contributed by atoms with van der Waals surface area (Å²) in [7, 11) is 0. The van der Waals surface area contributed by atoms with Crippen molar-refractivity contribution in [3.63, 3.8) is 0 Å². The molecule has 8 heteroatoms. The molecule has 0 bridgehead atoms. The Morgan fingerprint density at radius 1 is 1.22 bits per heavy atom. The van der Waals surface area contributed by atoms with E-state index in [1.54, 1.807) is 47.1 Å². The van der Waals surface area contributed by atoms with Crippen LogP contribution < -0.4 is 10.6 Å². The van der Waals surface area contributed by atoms with E-state index >= 15 is 0 Å². The number of nitrogens with one attached hydrogen (secondary N) is 2. The lowest BCUT2D eigenvalue weighted by atomic mass is 9.85. The van der Waals surface area contributed by atoms with Gasteiger partial charge in [-0.2, -0.15) is 10.1 Å². The average molecular weight is 386 g/mol. The van der Waals surface area contributed by atoms with Gasteiger partial charge in [0.25, 0.3) is 0 Å². The van der Waals surface area contributed by atoms with Crippen molar-refractivity contribution < 1.29 is 9.18 Å². The number of hydrogen-bond acceptors (Lipinski definition) is 4. The Labute approximate surface area is 160 Å². The molecule has 0 spiro atoms. The fourth-order valence-corrected chi connectivity index (χ4v) is 3.57. The zero-order valence-electron chi connectivity index (χ0n) is 14.4. The molecule has 1 aromatic heterocycles. The summed E-state index contributed by atoms with van der Waals surface area (Å²) in [5.41, 5.74) is 1.02. The van der Waals surface area contributed by atoms with E-state index < -0.39 is 12.0 Å². The SMILES string of the molecule is C[C@H]1Nc2ncnn2[C@@H](c2ccccc2F)[C@H]1C(=O)Nc1ccc(Cl)cc1. The van der Waals surface area contributed by atoms with Gasteiger partial charge in [0.2, 0.25) is 11.9 Å². The maximum atomic E-state index is 14.6. The minimum Gasteiger partial charge on any atom is -0.351 e. The maximum absolute atomic E-state index is 14.6. The van der Waals surface area contributed by atoms with Crippen molar-refractivity contribution in [1.82, 2.24) is 14.8 Å². The van der Waals surface area contributed by atoms with Gasteiger partial charge in [-0.25, -0.2) is 9.07 Å². The Morgan fingerprint density at radius 2 is 1.96 bits per heavy atom. The highest BCUT2D eigenvalue weighted by Gasteiger charge is 2.42. The van der Waals surface area contributed by atoms with Gasteiger partial charge < -0.3 is 10.6 Å². The van der Waals surface area contributed by atoms with Crippen molar-refractivity contribution in [2.75, 3.05) is 10.6 Å². The molecule has 0 saturated heterocycles. The van der Waals surface area contributed by atoms with Crippen molar-refractivity contribution in [3.05, 3.63) is 71.3 Å². The van der Waals surface area contributed by atoms with Gasteiger partial charge in [-0.1, -0.05) is 29.8 Å². The van der Waals surface area contributed by atoms with E-state index in [-0.39, 0.29) is 17.8 Å². The Bertz CT molecular complexity index is 974. The number of fused-ring (bicyclic) bond motifs is 1. The molecular formula is C19H17ClFN5O. The second-order valence-electron chi connectivity index (χ2n) is 6.45. The average Bonchev–Trinajstić information content (AvgIpc) is 3.11. The van der Waals surface area contributed by atoms with Gasteiger partial charge in [0, 0.05) is 22.3 Å². The highest BCUT2D eigenvalue weighted by atomic mass is 35.5. The van der Waals surface area contributed by atoms with Crippen molar-refractivity contribution in [2.24, 2.45) is 5.92 Å². The molecule has 1 aliphatic heterocycles. The monoisotopic (exact) mass is 385 g/mol. The smallest absolute Gasteiger partial charge is 0.232 e. The molecule has 4 rings (SSSR count). The van der Waals surface area contributed by atoms with Gasteiger partial charge in [0.05, 0.1) is 12.0 Å². The van der Waals surface area contributed by atoms with E-state index in [4.69, 9.17) is 11.6 Å². The molecule has 3 aromatic rings. The summed E-state index contributed by atoms with van der Waals surface area (Å²) in [4.78, 5) is 17.3. The van der Waals surface area contributed by atoms with E-state index in [1.165, 1.54) is 12.4 Å². The molecule has 1 aliphatic rings. The van der Waals surface area contributed by atoms with E-state index in [0.29, 0.717) is 22.2 Å². The predicted octanol–water partition coefficient (Wildman–Crippen LogP) is 3.73. The first-order valence-corrected chi connectivity index (χ1v) is 8.89. The largest absolute Gasteiger partial charge is 0.351 e. The molecule has 1 amide bonds. The number of amides is 1. The fraction of sp³-hybridized carbons (Fsp3) is 0.211. The van der Waals surface area contributed by atoms with Crippen LogP contribution in [0.25, 0.3) is 0 Å². The topological polar surface area (TPSA) is 71.8 Å². The number of carbonyl (C=O) groups excluding carboxylic acids is 1. The van der Waals surface area contributed by atoms with Crippen LogP contribution in [0, 0.1) is 11.7 Å². The lowest BCUT2D eigenvalue weighted by molar-refractivity contribution is -0.121. The van der Waals surface area contributed by atoms with Crippen LogP contribution in [-0.4, -0.2) is 26.7 Å². The summed E-state index contributed by atoms with van der Waals surface area (Å²) >= 11 is 5.90. The first kappa shape index (κ1) is 17.5. The van der Waals surface area contributed by atoms with Crippen molar-refractivity contribution in [2.45, 2.75) is 19.0 Å². The number of nitrogens with zero attached hydrogens (tertiary/aromatic N) is 3. The van der Waals surface area contributed by atoms with Gasteiger partial charge >= 0.3 is 0 Å². The van der Waals surface area contributed by atoms with Crippen LogP contribution in [0.15, 0.2) is 54.9 Å². The summed E-state index contributed by atoms with van der Waals surface area (Å²) in [5.74, 6) is -0.729. The summed E-state index contributed by atoms with van der Waals surface area (Å²) in [6, 6.07) is 12.4. The molecule has 138 valence electrons. The van der Waals surface area contributed by atoms with Gasteiger partial charge in [0.15, 0.2) is 0 Å². The van der Waals surface area contributed by atoms with Gasteiger partial charge in [-0.05, 0) is 37.3 Å². The van der Waals surface area contributed by atoms with E-state index in [9.17, 15) is 9.18 Å². The molecule has 27 heavy (non-hydrogen) atoms. The van der Waals surface area contributed by atoms with Crippen LogP contribution >= 0.6 is 11.6 Å². The quantitative estimate of drug-likeness (QED) is 0.720. The zero-order chi connectivity index (χ0) is 19.0. The van der Waals surface area contributed by atoms with Gasteiger partial charge in [-0.3, -0.25) is 4.79 Å². The molecular weight excluding hydrogens is 369 g/mol. The molecule has 3 atom stereocenters. The zero-order valence-corrected chi connectivity index (χ0v) is 15.2. The number of halogens is 2. The third kappa shape index (κ3) is 3.26. The summed E-state index contributed by atoms with van der Waals surface area (Å²) in [5, 5.41) is 10.9. The lowest BCUT2D eigenvalue weighted by Gasteiger charge is -2.36. The van der Waals surface area contributed by atoms with Crippen molar-refractivity contribution in [3.8, 4) is 0 Å². The summed E-state index contributed by atoms with van der Waals surface area (Å²) in [6.45, 7) is 1.87. The molecule has 6 nitrogen and oxygen atoms in total. The molecule has 2 N–H and O–H groups in total. The van der Waals surface area contributed by atoms with Gasteiger partial charge in [-0.15, -0.1) is 0 Å². The minimum absolute atomic E-state index is 0.244. The molecule has 0 fully saturated rings.